The Balaban J connectivity index is 2.85. The monoisotopic (exact) mass is 228 g/mol. The van der Waals surface area contributed by atoms with Crippen LogP contribution < -0.4 is 0 Å². The number of aliphatic hydroxyl groups excluding tert-OH is 2. The third-order valence-corrected chi connectivity index (χ3v) is 2.63. The number of carbonyl (C=O) groups is 1. The molecule has 1 aliphatic rings. The summed E-state index contributed by atoms with van der Waals surface area (Å²) in [4.78, 5) is 11.3. The zero-order valence-corrected chi connectivity index (χ0v) is 9.04. The maximum Gasteiger partial charge on any atom is 0.341 e. The minimum Gasteiger partial charge on any atom is -0.463 e. The molecular weight excluding hydrogens is 212 g/mol. The molecule has 0 aromatic heterocycles. The molecule has 1 aliphatic heterocycles. The molecule has 5 heteroatoms. The summed E-state index contributed by atoms with van der Waals surface area (Å²) < 4.78 is 4.64. The normalized spacial score (nSPS) is 32.5. The fourth-order valence-electron chi connectivity index (χ4n) is 1.57. The summed E-state index contributed by atoms with van der Waals surface area (Å²) in [6.45, 7) is 1.29. The summed E-state index contributed by atoms with van der Waals surface area (Å²) in [5.74, 6) is -1.70. The zero-order chi connectivity index (χ0) is 12.2. The molecule has 0 unspecified atom stereocenters. The number of hydrogen-bond donors (Lipinski definition) is 3. The van der Waals surface area contributed by atoms with Crippen molar-refractivity contribution in [3.63, 3.8) is 0 Å². The highest BCUT2D eigenvalue weighted by Crippen LogP contribution is 2.30. The van der Waals surface area contributed by atoms with Crippen molar-refractivity contribution in [2.45, 2.75) is 18.6 Å². The Labute approximate surface area is 93.7 Å². The minimum atomic E-state index is -2.05. The van der Waals surface area contributed by atoms with Crippen molar-refractivity contribution in [2.75, 3.05) is 13.2 Å². The molecule has 1 heterocycles. The molecule has 0 amide bonds. The van der Waals surface area contributed by atoms with Gasteiger partial charge in [0.1, 0.15) is 6.10 Å². The first-order chi connectivity index (χ1) is 7.57. The largest absolute Gasteiger partial charge is 0.463 e. The second kappa shape index (κ2) is 5.25. The maximum atomic E-state index is 11.3. The van der Waals surface area contributed by atoms with Crippen LogP contribution >= 0.6 is 0 Å². The summed E-state index contributed by atoms with van der Waals surface area (Å²) in [5.41, 5.74) is -2.05. The molecule has 0 aromatic carbocycles. The average Bonchev–Trinajstić information content (AvgIpc) is 2.57. The van der Waals surface area contributed by atoms with Gasteiger partial charge in [-0.05, 0) is 6.92 Å². The van der Waals surface area contributed by atoms with E-state index < -0.39 is 30.2 Å². The topological polar surface area (TPSA) is 87.0 Å². The number of rotatable bonds is 4. The van der Waals surface area contributed by atoms with Crippen molar-refractivity contribution < 1.29 is 24.9 Å². The Morgan fingerprint density at radius 2 is 2.31 bits per heavy atom. The van der Waals surface area contributed by atoms with Gasteiger partial charge in [0, 0.05) is 0 Å². The van der Waals surface area contributed by atoms with Gasteiger partial charge in [0.2, 0.25) is 0 Å². The van der Waals surface area contributed by atoms with Crippen LogP contribution in [0, 0.1) is 5.92 Å². The summed E-state index contributed by atoms with van der Waals surface area (Å²) >= 11 is 0. The van der Waals surface area contributed by atoms with E-state index in [0.29, 0.717) is 0 Å². The van der Waals surface area contributed by atoms with E-state index in [-0.39, 0.29) is 6.61 Å². The fraction of sp³-hybridized carbons (Fsp3) is 0.545. The number of aliphatic hydroxyl groups is 3. The van der Waals surface area contributed by atoms with Crippen LogP contribution in [-0.2, 0) is 9.53 Å². The van der Waals surface area contributed by atoms with Gasteiger partial charge in [0.25, 0.3) is 0 Å². The van der Waals surface area contributed by atoms with Crippen LogP contribution in [0.1, 0.15) is 6.92 Å². The number of allylic oxidation sites excluding steroid dienone is 3. The van der Waals surface area contributed by atoms with E-state index in [4.69, 9.17) is 5.11 Å². The molecule has 0 bridgehead atoms. The maximum absolute atomic E-state index is 11.3. The Bertz CT molecular complexity index is 309. The summed E-state index contributed by atoms with van der Waals surface area (Å²) in [6.07, 6.45) is 4.80. The molecule has 0 aromatic rings. The molecule has 90 valence electrons. The molecule has 16 heavy (non-hydrogen) atoms. The molecule has 3 atom stereocenters. The van der Waals surface area contributed by atoms with Crippen LogP contribution in [0.3, 0.4) is 0 Å². The molecular formula is C11H16O5. The lowest BCUT2D eigenvalue weighted by atomic mass is 9.85. The van der Waals surface area contributed by atoms with E-state index in [1.807, 2.05) is 0 Å². The Morgan fingerprint density at radius 1 is 1.62 bits per heavy atom. The molecule has 3 N–H and O–H groups in total. The Hall–Kier alpha value is -1.17. The predicted octanol–water partition coefficient (Wildman–Crippen LogP) is -0.624. The summed E-state index contributed by atoms with van der Waals surface area (Å²) in [6, 6.07) is 0. The molecule has 1 saturated heterocycles. The lowest BCUT2D eigenvalue weighted by Gasteiger charge is -2.27. The van der Waals surface area contributed by atoms with Gasteiger partial charge in [-0.25, -0.2) is 4.79 Å². The summed E-state index contributed by atoms with van der Waals surface area (Å²) in [7, 11) is 0. The van der Waals surface area contributed by atoms with Crippen molar-refractivity contribution in [2.24, 2.45) is 5.92 Å². The van der Waals surface area contributed by atoms with Crippen LogP contribution in [0.4, 0.5) is 0 Å². The highest BCUT2D eigenvalue weighted by molar-refractivity contribution is 5.83. The SMILES string of the molecule is C/C=C/C=C/[C@H](O)[C@@]1(O)C(=O)OC[C@@H]1CO. The number of esters is 1. The van der Waals surface area contributed by atoms with E-state index in [1.54, 1.807) is 19.1 Å². The van der Waals surface area contributed by atoms with Crippen molar-refractivity contribution in [1.82, 2.24) is 0 Å². The van der Waals surface area contributed by atoms with Crippen molar-refractivity contribution in [3.8, 4) is 0 Å². The highest BCUT2D eigenvalue weighted by atomic mass is 16.6. The molecule has 0 radical (unpaired) electrons. The van der Waals surface area contributed by atoms with E-state index in [1.165, 1.54) is 12.2 Å². The van der Waals surface area contributed by atoms with Crippen LogP contribution in [0.15, 0.2) is 24.3 Å². The first-order valence-corrected chi connectivity index (χ1v) is 5.05. The van der Waals surface area contributed by atoms with Gasteiger partial charge in [-0.3, -0.25) is 0 Å². The van der Waals surface area contributed by atoms with Gasteiger partial charge < -0.3 is 20.1 Å². The quantitative estimate of drug-likeness (QED) is 0.441. The lowest BCUT2D eigenvalue weighted by Crippen LogP contribution is -2.51. The smallest absolute Gasteiger partial charge is 0.341 e. The molecule has 1 rings (SSSR count). The van der Waals surface area contributed by atoms with Gasteiger partial charge in [0.15, 0.2) is 5.60 Å². The van der Waals surface area contributed by atoms with Gasteiger partial charge in [-0.1, -0.05) is 24.3 Å². The van der Waals surface area contributed by atoms with Gasteiger partial charge in [-0.2, -0.15) is 0 Å². The summed E-state index contributed by atoms with van der Waals surface area (Å²) in [5, 5.41) is 28.8. The third kappa shape index (κ3) is 2.16. The number of cyclic esters (lactones) is 1. The van der Waals surface area contributed by atoms with Gasteiger partial charge in [-0.15, -0.1) is 0 Å². The molecule has 0 spiro atoms. The standard InChI is InChI=1S/C11H16O5/c1-2-3-4-5-9(13)11(15)8(6-12)7-16-10(11)14/h2-5,8-9,12-13,15H,6-7H2,1H3/b3-2+,5-4+/t8-,9-,11+/m0/s1. The van der Waals surface area contributed by atoms with Crippen LogP contribution in [-0.4, -0.2) is 46.2 Å². The molecule has 5 nitrogen and oxygen atoms in total. The average molecular weight is 228 g/mol. The van der Waals surface area contributed by atoms with E-state index in [9.17, 15) is 15.0 Å². The highest BCUT2D eigenvalue weighted by Gasteiger charge is 2.55. The van der Waals surface area contributed by atoms with Gasteiger partial charge in [0.05, 0.1) is 19.1 Å². The number of carbonyl (C=O) groups excluding carboxylic acids is 1. The van der Waals surface area contributed by atoms with E-state index in [2.05, 4.69) is 4.74 Å². The molecule has 0 aliphatic carbocycles. The third-order valence-electron chi connectivity index (χ3n) is 2.63. The minimum absolute atomic E-state index is 0.0830. The Morgan fingerprint density at radius 3 is 2.88 bits per heavy atom. The number of ether oxygens (including phenoxy) is 1. The van der Waals surface area contributed by atoms with Crippen LogP contribution in [0.25, 0.3) is 0 Å². The molecule has 1 fully saturated rings. The second-order valence-corrected chi connectivity index (χ2v) is 3.66. The zero-order valence-electron chi connectivity index (χ0n) is 9.04. The van der Waals surface area contributed by atoms with E-state index in [0.717, 1.165) is 0 Å². The van der Waals surface area contributed by atoms with E-state index >= 15 is 0 Å². The van der Waals surface area contributed by atoms with Gasteiger partial charge >= 0.3 is 5.97 Å². The van der Waals surface area contributed by atoms with Crippen LogP contribution in [0.5, 0.6) is 0 Å². The van der Waals surface area contributed by atoms with Crippen molar-refractivity contribution >= 4 is 5.97 Å². The second-order valence-electron chi connectivity index (χ2n) is 3.66. The van der Waals surface area contributed by atoms with Crippen molar-refractivity contribution in [3.05, 3.63) is 24.3 Å². The fourth-order valence-corrected chi connectivity index (χ4v) is 1.57. The molecule has 0 saturated carbocycles. The first-order valence-electron chi connectivity index (χ1n) is 5.05. The Kier molecular flexibility index (Phi) is 4.23. The van der Waals surface area contributed by atoms with Crippen LogP contribution in [0.2, 0.25) is 0 Å². The lowest BCUT2D eigenvalue weighted by molar-refractivity contribution is -0.163. The number of hydrogen-bond acceptors (Lipinski definition) is 5. The van der Waals surface area contributed by atoms with Crippen molar-refractivity contribution in [1.29, 1.82) is 0 Å². The predicted molar refractivity (Wildman–Crippen MR) is 56.4 cm³/mol. The first kappa shape index (κ1) is 12.9.